The van der Waals surface area contributed by atoms with Crippen LogP contribution in [0.3, 0.4) is 0 Å². The number of halogens is 1. The monoisotopic (exact) mass is 341 g/mol. The molecule has 130 valence electrons. The summed E-state index contributed by atoms with van der Waals surface area (Å²) in [5, 5.41) is 2.88. The molecular formula is C19H20FN3O2. The second-order valence-corrected chi connectivity index (χ2v) is 5.90. The molecule has 0 aliphatic carbocycles. The molecule has 1 N–H and O–H groups in total. The standard InChI is InChI=1S/C19H20FN3O2/c20-17-9-5-4-8-16(17)18(24)22-10-12-23(13-11-22)19(25)21-14-15-6-2-1-3-7-15/h1-9H,10-14H2,(H,21,25). The second kappa shape index (κ2) is 7.79. The number of piperazine rings is 1. The van der Waals surface area contributed by atoms with E-state index in [2.05, 4.69) is 5.32 Å². The van der Waals surface area contributed by atoms with Crippen LogP contribution in [0.5, 0.6) is 0 Å². The molecule has 3 amide bonds. The Morgan fingerprint density at radius 2 is 1.48 bits per heavy atom. The van der Waals surface area contributed by atoms with E-state index < -0.39 is 5.82 Å². The van der Waals surface area contributed by atoms with E-state index in [0.29, 0.717) is 32.7 Å². The van der Waals surface area contributed by atoms with Crippen molar-refractivity contribution in [2.24, 2.45) is 0 Å². The van der Waals surface area contributed by atoms with Crippen molar-refractivity contribution in [1.29, 1.82) is 0 Å². The number of hydrogen-bond acceptors (Lipinski definition) is 2. The van der Waals surface area contributed by atoms with Crippen LogP contribution in [0.2, 0.25) is 0 Å². The summed E-state index contributed by atoms with van der Waals surface area (Å²) in [6.07, 6.45) is 0. The van der Waals surface area contributed by atoms with Gasteiger partial charge in [0.25, 0.3) is 5.91 Å². The SMILES string of the molecule is O=C(NCc1ccccc1)N1CCN(C(=O)c2ccccc2F)CC1. The Morgan fingerprint density at radius 3 is 2.16 bits per heavy atom. The molecule has 0 atom stereocenters. The van der Waals surface area contributed by atoms with Gasteiger partial charge in [-0.2, -0.15) is 0 Å². The number of amides is 3. The summed E-state index contributed by atoms with van der Waals surface area (Å²) in [5.74, 6) is -0.849. The van der Waals surface area contributed by atoms with Gasteiger partial charge in [-0.25, -0.2) is 9.18 Å². The molecule has 1 heterocycles. The molecular weight excluding hydrogens is 321 g/mol. The third-order valence-corrected chi connectivity index (χ3v) is 4.24. The highest BCUT2D eigenvalue weighted by atomic mass is 19.1. The summed E-state index contributed by atoms with van der Waals surface area (Å²) in [7, 11) is 0. The van der Waals surface area contributed by atoms with Gasteiger partial charge in [0.2, 0.25) is 0 Å². The first-order valence-corrected chi connectivity index (χ1v) is 8.25. The van der Waals surface area contributed by atoms with E-state index in [1.54, 1.807) is 21.9 Å². The van der Waals surface area contributed by atoms with Crippen molar-refractivity contribution in [3.63, 3.8) is 0 Å². The topological polar surface area (TPSA) is 52.7 Å². The maximum absolute atomic E-state index is 13.7. The Morgan fingerprint density at radius 1 is 0.880 bits per heavy atom. The van der Waals surface area contributed by atoms with E-state index >= 15 is 0 Å². The Balaban J connectivity index is 1.50. The summed E-state index contributed by atoms with van der Waals surface area (Å²) in [5.41, 5.74) is 1.11. The van der Waals surface area contributed by atoms with Gasteiger partial charge in [-0.15, -0.1) is 0 Å². The molecule has 25 heavy (non-hydrogen) atoms. The third-order valence-electron chi connectivity index (χ3n) is 4.24. The maximum Gasteiger partial charge on any atom is 0.317 e. The summed E-state index contributed by atoms with van der Waals surface area (Å²) >= 11 is 0. The van der Waals surface area contributed by atoms with Crippen molar-refractivity contribution in [1.82, 2.24) is 15.1 Å². The fraction of sp³-hybridized carbons (Fsp3) is 0.263. The van der Waals surface area contributed by atoms with E-state index in [1.807, 2.05) is 30.3 Å². The molecule has 1 aliphatic heterocycles. The average molecular weight is 341 g/mol. The zero-order valence-electron chi connectivity index (χ0n) is 13.8. The molecule has 0 spiro atoms. The van der Waals surface area contributed by atoms with Crippen LogP contribution in [0, 0.1) is 5.82 Å². The molecule has 1 saturated heterocycles. The Hall–Kier alpha value is -2.89. The smallest absolute Gasteiger partial charge is 0.317 e. The lowest BCUT2D eigenvalue weighted by atomic mass is 10.1. The second-order valence-electron chi connectivity index (χ2n) is 5.90. The van der Waals surface area contributed by atoms with Gasteiger partial charge >= 0.3 is 6.03 Å². The number of rotatable bonds is 3. The molecule has 1 aliphatic rings. The number of urea groups is 1. The number of hydrogen-bond donors (Lipinski definition) is 1. The van der Waals surface area contributed by atoms with Crippen LogP contribution in [-0.4, -0.2) is 47.9 Å². The summed E-state index contributed by atoms with van der Waals surface area (Å²) in [6, 6.07) is 15.5. The highest BCUT2D eigenvalue weighted by molar-refractivity contribution is 5.94. The van der Waals surface area contributed by atoms with Crippen molar-refractivity contribution in [2.75, 3.05) is 26.2 Å². The lowest BCUT2D eigenvalue weighted by Crippen LogP contribution is -2.53. The minimum atomic E-state index is -0.518. The van der Waals surface area contributed by atoms with Gasteiger partial charge in [0.1, 0.15) is 5.82 Å². The minimum Gasteiger partial charge on any atom is -0.335 e. The molecule has 0 unspecified atom stereocenters. The quantitative estimate of drug-likeness (QED) is 0.933. The molecule has 3 rings (SSSR count). The van der Waals surface area contributed by atoms with Gasteiger partial charge in [0, 0.05) is 32.7 Å². The van der Waals surface area contributed by atoms with Crippen LogP contribution in [-0.2, 0) is 6.54 Å². The number of benzene rings is 2. The van der Waals surface area contributed by atoms with E-state index in [-0.39, 0.29) is 17.5 Å². The normalized spacial score (nSPS) is 14.3. The Bertz CT molecular complexity index is 743. The van der Waals surface area contributed by atoms with Crippen molar-refractivity contribution >= 4 is 11.9 Å². The lowest BCUT2D eigenvalue weighted by molar-refractivity contribution is 0.0660. The van der Waals surface area contributed by atoms with E-state index in [4.69, 9.17) is 0 Å². The maximum atomic E-state index is 13.7. The summed E-state index contributed by atoms with van der Waals surface area (Å²) < 4.78 is 13.7. The molecule has 0 radical (unpaired) electrons. The first kappa shape index (κ1) is 17.0. The molecule has 0 aromatic heterocycles. The number of carbonyl (C=O) groups is 2. The molecule has 2 aromatic carbocycles. The van der Waals surface area contributed by atoms with Crippen LogP contribution >= 0.6 is 0 Å². The first-order chi connectivity index (χ1) is 12.1. The fourth-order valence-corrected chi connectivity index (χ4v) is 2.80. The predicted octanol–water partition coefficient (Wildman–Crippen LogP) is 2.49. The van der Waals surface area contributed by atoms with Gasteiger partial charge in [-0.1, -0.05) is 42.5 Å². The molecule has 5 nitrogen and oxygen atoms in total. The average Bonchev–Trinajstić information content (AvgIpc) is 2.67. The van der Waals surface area contributed by atoms with Crippen LogP contribution in [0.15, 0.2) is 54.6 Å². The third kappa shape index (κ3) is 4.15. The summed E-state index contributed by atoms with van der Waals surface area (Å²) in [4.78, 5) is 27.9. The number of nitrogens with one attached hydrogen (secondary N) is 1. The first-order valence-electron chi connectivity index (χ1n) is 8.25. The predicted molar refractivity (Wildman–Crippen MR) is 92.6 cm³/mol. The minimum absolute atomic E-state index is 0.0736. The van der Waals surface area contributed by atoms with Gasteiger partial charge in [0.05, 0.1) is 5.56 Å². The van der Waals surface area contributed by atoms with Gasteiger partial charge in [-0.3, -0.25) is 4.79 Å². The van der Waals surface area contributed by atoms with E-state index in [9.17, 15) is 14.0 Å². The lowest BCUT2D eigenvalue weighted by Gasteiger charge is -2.34. The van der Waals surface area contributed by atoms with Crippen LogP contribution < -0.4 is 5.32 Å². The molecule has 6 heteroatoms. The zero-order chi connectivity index (χ0) is 17.6. The van der Waals surface area contributed by atoms with Crippen LogP contribution in [0.4, 0.5) is 9.18 Å². The highest BCUT2D eigenvalue weighted by Crippen LogP contribution is 2.12. The Labute approximate surface area is 146 Å². The number of carbonyl (C=O) groups excluding carboxylic acids is 2. The Kier molecular flexibility index (Phi) is 5.28. The van der Waals surface area contributed by atoms with Crippen molar-refractivity contribution < 1.29 is 14.0 Å². The van der Waals surface area contributed by atoms with Crippen molar-refractivity contribution in [2.45, 2.75) is 6.54 Å². The molecule has 1 fully saturated rings. The largest absolute Gasteiger partial charge is 0.335 e. The van der Waals surface area contributed by atoms with Gasteiger partial charge in [0.15, 0.2) is 0 Å². The van der Waals surface area contributed by atoms with E-state index in [1.165, 1.54) is 12.1 Å². The highest BCUT2D eigenvalue weighted by Gasteiger charge is 2.25. The number of nitrogens with zero attached hydrogens (tertiary/aromatic N) is 2. The fourth-order valence-electron chi connectivity index (χ4n) is 2.80. The van der Waals surface area contributed by atoms with Crippen LogP contribution in [0.25, 0.3) is 0 Å². The van der Waals surface area contributed by atoms with E-state index in [0.717, 1.165) is 5.56 Å². The van der Waals surface area contributed by atoms with Crippen LogP contribution in [0.1, 0.15) is 15.9 Å². The summed E-state index contributed by atoms with van der Waals surface area (Å²) in [6.45, 7) is 2.12. The van der Waals surface area contributed by atoms with Crippen molar-refractivity contribution in [3.05, 3.63) is 71.5 Å². The molecule has 0 saturated carbocycles. The zero-order valence-corrected chi connectivity index (χ0v) is 13.8. The van der Waals surface area contributed by atoms with Gasteiger partial charge in [-0.05, 0) is 17.7 Å². The molecule has 2 aromatic rings. The van der Waals surface area contributed by atoms with Crippen molar-refractivity contribution in [3.8, 4) is 0 Å². The molecule has 0 bridgehead atoms. The van der Waals surface area contributed by atoms with Gasteiger partial charge < -0.3 is 15.1 Å².